The summed E-state index contributed by atoms with van der Waals surface area (Å²) < 4.78 is 28.7. The van der Waals surface area contributed by atoms with Crippen LogP contribution in [0.2, 0.25) is 0 Å². The summed E-state index contributed by atoms with van der Waals surface area (Å²) in [7, 11) is 0. The van der Waals surface area contributed by atoms with Gasteiger partial charge >= 0.3 is 0 Å². The van der Waals surface area contributed by atoms with E-state index < -0.39 is 11.6 Å². The molecule has 1 aromatic carbocycles. The summed E-state index contributed by atoms with van der Waals surface area (Å²) in [6, 6.07) is 3.74. The minimum absolute atomic E-state index is 0.257. The number of rotatable bonds is 1. The molecule has 0 amide bonds. The number of nitrogens with zero attached hydrogens (tertiary/aromatic N) is 2. The Hall–Kier alpha value is -1.91. The summed E-state index contributed by atoms with van der Waals surface area (Å²) in [6.07, 6.45) is 2.94. The van der Waals surface area contributed by atoms with Gasteiger partial charge < -0.3 is 10.3 Å². The lowest BCUT2D eigenvalue weighted by atomic mass is 10.1. The summed E-state index contributed by atoms with van der Waals surface area (Å²) in [5.41, 5.74) is 6.77. The highest BCUT2D eigenvalue weighted by Crippen LogP contribution is 2.35. The van der Waals surface area contributed by atoms with Crippen molar-refractivity contribution >= 4 is 5.82 Å². The molecule has 1 atom stereocenters. The van der Waals surface area contributed by atoms with E-state index in [4.69, 9.17) is 5.73 Å². The largest absolute Gasteiger partial charge is 0.383 e. The zero-order chi connectivity index (χ0) is 13.6. The van der Waals surface area contributed by atoms with Gasteiger partial charge in [0.25, 0.3) is 0 Å². The van der Waals surface area contributed by atoms with Gasteiger partial charge in [-0.25, -0.2) is 13.8 Å². The zero-order valence-corrected chi connectivity index (χ0v) is 10.7. The topological polar surface area (TPSA) is 43.8 Å². The molecule has 0 radical (unpaired) electrons. The van der Waals surface area contributed by atoms with Crippen molar-refractivity contribution < 1.29 is 8.78 Å². The van der Waals surface area contributed by atoms with Crippen molar-refractivity contribution in [2.45, 2.75) is 32.2 Å². The molecule has 2 N–H and O–H groups in total. The van der Waals surface area contributed by atoms with Crippen LogP contribution in [0.4, 0.5) is 14.6 Å². The van der Waals surface area contributed by atoms with Gasteiger partial charge in [0.15, 0.2) is 0 Å². The fraction of sp³-hybridized carbons (Fsp3) is 0.357. The van der Waals surface area contributed by atoms with Crippen molar-refractivity contribution in [3.05, 3.63) is 35.7 Å². The van der Waals surface area contributed by atoms with Crippen molar-refractivity contribution in [3.8, 4) is 11.3 Å². The molecule has 0 saturated carbocycles. The van der Waals surface area contributed by atoms with Gasteiger partial charge in [-0.15, -0.1) is 0 Å². The summed E-state index contributed by atoms with van der Waals surface area (Å²) in [5.74, 6) is 0.120. The van der Waals surface area contributed by atoms with Crippen molar-refractivity contribution in [1.29, 1.82) is 0 Å². The third kappa shape index (κ3) is 1.89. The van der Waals surface area contributed by atoms with Crippen molar-refractivity contribution in [2.24, 2.45) is 0 Å². The number of nitrogens with two attached hydrogens (primary N) is 1. The molecule has 0 saturated heterocycles. The summed E-state index contributed by atoms with van der Waals surface area (Å²) in [6.45, 7) is 2.07. The number of halogens is 2. The average molecular weight is 263 g/mol. The number of benzene rings is 1. The molecule has 0 spiro atoms. The number of hydrogen-bond donors (Lipinski definition) is 1. The third-order valence-electron chi connectivity index (χ3n) is 3.67. The van der Waals surface area contributed by atoms with E-state index in [1.807, 2.05) is 4.57 Å². The molecular formula is C14H15F2N3. The van der Waals surface area contributed by atoms with Crippen LogP contribution in [0.15, 0.2) is 18.2 Å². The molecule has 100 valence electrons. The Morgan fingerprint density at radius 1 is 1.37 bits per heavy atom. The number of aromatic nitrogens is 2. The van der Waals surface area contributed by atoms with Gasteiger partial charge in [-0.2, -0.15) is 0 Å². The first kappa shape index (κ1) is 12.1. The number of nitrogen functional groups attached to an aromatic ring is 1. The molecule has 0 fully saturated rings. The second-order valence-corrected chi connectivity index (χ2v) is 5.00. The molecule has 1 aliphatic rings. The second-order valence-electron chi connectivity index (χ2n) is 5.00. The highest BCUT2D eigenvalue weighted by Gasteiger charge is 2.24. The minimum atomic E-state index is -0.630. The Morgan fingerprint density at radius 3 is 2.84 bits per heavy atom. The van der Waals surface area contributed by atoms with Gasteiger partial charge in [0.1, 0.15) is 29.0 Å². The van der Waals surface area contributed by atoms with Crippen LogP contribution in [0, 0.1) is 11.6 Å². The molecule has 0 bridgehead atoms. The van der Waals surface area contributed by atoms with Crippen LogP contribution in [0.5, 0.6) is 0 Å². The van der Waals surface area contributed by atoms with Gasteiger partial charge in [0.2, 0.25) is 0 Å². The van der Waals surface area contributed by atoms with Crippen LogP contribution in [0.3, 0.4) is 0 Å². The van der Waals surface area contributed by atoms with Gasteiger partial charge in [-0.1, -0.05) is 0 Å². The molecule has 1 unspecified atom stereocenters. The van der Waals surface area contributed by atoms with Gasteiger partial charge in [-0.05, 0) is 31.9 Å². The Kier molecular flexibility index (Phi) is 2.77. The van der Waals surface area contributed by atoms with Crippen molar-refractivity contribution in [3.63, 3.8) is 0 Å². The molecule has 2 aromatic rings. The van der Waals surface area contributed by atoms with Gasteiger partial charge in [0.05, 0.1) is 0 Å². The Morgan fingerprint density at radius 2 is 2.16 bits per heavy atom. The molecule has 0 aliphatic carbocycles. The molecule has 19 heavy (non-hydrogen) atoms. The number of imidazole rings is 1. The van der Waals surface area contributed by atoms with Crippen LogP contribution in [0.25, 0.3) is 11.3 Å². The molecule has 2 heterocycles. The molecule has 1 aliphatic heterocycles. The normalized spacial score (nSPS) is 18.4. The number of hydrogen-bond acceptors (Lipinski definition) is 2. The van der Waals surface area contributed by atoms with E-state index >= 15 is 0 Å². The lowest BCUT2D eigenvalue weighted by Crippen LogP contribution is -2.16. The van der Waals surface area contributed by atoms with E-state index in [0.717, 1.165) is 31.2 Å². The van der Waals surface area contributed by atoms with E-state index in [-0.39, 0.29) is 11.6 Å². The highest BCUT2D eigenvalue weighted by molar-refractivity contribution is 5.71. The summed E-state index contributed by atoms with van der Waals surface area (Å²) in [5, 5.41) is 0. The minimum Gasteiger partial charge on any atom is -0.383 e. The van der Waals surface area contributed by atoms with E-state index in [1.165, 1.54) is 12.1 Å². The maximum atomic E-state index is 13.8. The van der Waals surface area contributed by atoms with E-state index in [2.05, 4.69) is 11.9 Å². The molecule has 3 rings (SSSR count). The quantitative estimate of drug-likeness (QED) is 0.857. The van der Waals surface area contributed by atoms with Crippen LogP contribution in [0.1, 0.15) is 31.6 Å². The van der Waals surface area contributed by atoms with Crippen molar-refractivity contribution in [2.75, 3.05) is 5.73 Å². The lowest BCUT2D eigenvalue weighted by Gasteiger charge is -2.22. The highest BCUT2D eigenvalue weighted by atomic mass is 19.1. The second kappa shape index (κ2) is 4.33. The smallest absolute Gasteiger partial charge is 0.135 e. The summed E-state index contributed by atoms with van der Waals surface area (Å²) in [4.78, 5) is 4.44. The van der Waals surface area contributed by atoms with Crippen LogP contribution in [-0.2, 0) is 6.42 Å². The van der Waals surface area contributed by atoms with Crippen LogP contribution in [-0.4, -0.2) is 9.55 Å². The standard InChI is InChI=1S/C14H15F2N3/c1-8-3-2-4-12-18-13(14(17)19(8)12)10-6-5-9(15)7-11(10)16/h5-8H,2-4,17H2,1H3. The van der Waals surface area contributed by atoms with Crippen LogP contribution >= 0.6 is 0 Å². The first-order valence-corrected chi connectivity index (χ1v) is 6.40. The number of fused-ring (bicyclic) bond motifs is 1. The van der Waals surface area contributed by atoms with Gasteiger partial charge in [0, 0.05) is 24.1 Å². The Balaban J connectivity index is 2.16. The fourth-order valence-electron chi connectivity index (χ4n) is 2.73. The predicted molar refractivity (Wildman–Crippen MR) is 69.6 cm³/mol. The Labute approximate surface area is 110 Å². The fourth-order valence-corrected chi connectivity index (χ4v) is 2.73. The number of anilines is 1. The SMILES string of the molecule is CC1CCCc2nc(-c3ccc(F)cc3F)c(N)n21. The number of aryl methyl sites for hydroxylation is 1. The molecule has 1 aromatic heterocycles. The monoisotopic (exact) mass is 263 g/mol. The molecular weight excluding hydrogens is 248 g/mol. The summed E-state index contributed by atoms with van der Waals surface area (Å²) >= 11 is 0. The van der Waals surface area contributed by atoms with E-state index in [0.29, 0.717) is 11.5 Å². The predicted octanol–water partition coefficient (Wildman–Crippen LogP) is 3.31. The molecule has 3 nitrogen and oxygen atoms in total. The van der Waals surface area contributed by atoms with Crippen LogP contribution < -0.4 is 5.73 Å². The molecule has 5 heteroatoms. The Bertz CT molecular complexity index is 634. The third-order valence-corrected chi connectivity index (χ3v) is 3.67. The van der Waals surface area contributed by atoms with E-state index in [1.54, 1.807) is 0 Å². The average Bonchev–Trinajstić information content (AvgIpc) is 2.68. The van der Waals surface area contributed by atoms with Gasteiger partial charge in [-0.3, -0.25) is 0 Å². The zero-order valence-electron chi connectivity index (χ0n) is 10.7. The maximum absolute atomic E-state index is 13.8. The van der Waals surface area contributed by atoms with E-state index in [9.17, 15) is 8.78 Å². The lowest BCUT2D eigenvalue weighted by molar-refractivity contribution is 0.430. The maximum Gasteiger partial charge on any atom is 0.135 e. The first-order chi connectivity index (χ1) is 9.08. The van der Waals surface area contributed by atoms with Crippen molar-refractivity contribution in [1.82, 2.24) is 9.55 Å². The first-order valence-electron chi connectivity index (χ1n) is 6.40.